The molecule has 94 valence electrons. The standard InChI is InChI=1S/C12H15BrO4/c1-3-16-12(14)9-4-5-10(17-7-6-13)11(8-9)15-2/h4-5,8H,3,6-7H2,1-2H3. The van der Waals surface area contributed by atoms with Crippen LogP contribution >= 0.6 is 15.9 Å². The van der Waals surface area contributed by atoms with Gasteiger partial charge >= 0.3 is 5.97 Å². The highest BCUT2D eigenvalue weighted by molar-refractivity contribution is 9.09. The molecule has 0 saturated heterocycles. The number of carbonyl (C=O) groups is 1. The molecule has 0 bridgehead atoms. The van der Waals surface area contributed by atoms with Gasteiger partial charge in [-0.2, -0.15) is 0 Å². The number of hydrogen-bond donors (Lipinski definition) is 0. The van der Waals surface area contributed by atoms with Crippen LogP contribution in [-0.2, 0) is 4.74 Å². The minimum Gasteiger partial charge on any atom is -0.493 e. The van der Waals surface area contributed by atoms with Crippen LogP contribution in [0.15, 0.2) is 18.2 Å². The van der Waals surface area contributed by atoms with Crippen LogP contribution in [0.4, 0.5) is 0 Å². The van der Waals surface area contributed by atoms with Crippen molar-refractivity contribution in [2.45, 2.75) is 6.92 Å². The van der Waals surface area contributed by atoms with E-state index in [-0.39, 0.29) is 5.97 Å². The molecule has 0 radical (unpaired) electrons. The number of ether oxygens (including phenoxy) is 3. The van der Waals surface area contributed by atoms with Crippen molar-refractivity contribution < 1.29 is 19.0 Å². The molecule has 0 fully saturated rings. The molecule has 1 aromatic carbocycles. The van der Waals surface area contributed by atoms with Gasteiger partial charge in [-0.3, -0.25) is 0 Å². The maximum atomic E-state index is 11.5. The first-order chi connectivity index (χ1) is 8.22. The largest absolute Gasteiger partial charge is 0.493 e. The molecule has 4 nitrogen and oxygen atoms in total. The van der Waals surface area contributed by atoms with Crippen LogP contribution in [-0.4, -0.2) is 31.6 Å². The molecule has 0 unspecified atom stereocenters. The van der Waals surface area contributed by atoms with Crippen molar-refractivity contribution in [3.05, 3.63) is 23.8 Å². The second-order valence-corrected chi connectivity index (χ2v) is 3.92. The van der Waals surface area contributed by atoms with Gasteiger partial charge < -0.3 is 14.2 Å². The lowest BCUT2D eigenvalue weighted by Crippen LogP contribution is -2.06. The molecule has 0 N–H and O–H groups in total. The van der Waals surface area contributed by atoms with E-state index >= 15 is 0 Å². The first-order valence-electron chi connectivity index (χ1n) is 5.26. The SMILES string of the molecule is CCOC(=O)c1ccc(OCCBr)c(OC)c1. The Morgan fingerprint density at radius 2 is 2.12 bits per heavy atom. The summed E-state index contributed by atoms with van der Waals surface area (Å²) in [7, 11) is 1.53. The third-order valence-corrected chi connectivity index (χ3v) is 2.33. The minimum absolute atomic E-state index is 0.350. The monoisotopic (exact) mass is 302 g/mol. The zero-order valence-electron chi connectivity index (χ0n) is 9.86. The van der Waals surface area contributed by atoms with Crippen molar-refractivity contribution in [3.8, 4) is 11.5 Å². The normalized spacial score (nSPS) is 9.82. The van der Waals surface area contributed by atoms with Crippen LogP contribution in [0.25, 0.3) is 0 Å². The first kappa shape index (κ1) is 13.8. The molecule has 0 heterocycles. The summed E-state index contributed by atoms with van der Waals surface area (Å²) in [5.41, 5.74) is 0.454. The molecule has 0 amide bonds. The Labute approximate surface area is 109 Å². The van der Waals surface area contributed by atoms with Gasteiger partial charge in [-0.1, -0.05) is 15.9 Å². The third kappa shape index (κ3) is 3.93. The molecule has 1 rings (SSSR count). The molecule has 0 spiro atoms. The molecule has 0 saturated carbocycles. The van der Waals surface area contributed by atoms with Gasteiger partial charge in [0.2, 0.25) is 0 Å². The number of alkyl halides is 1. The van der Waals surface area contributed by atoms with Crippen LogP contribution < -0.4 is 9.47 Å². The highest BCUT2D eigenvalue weighted by Gasteiger charge is 2.11. The second-order valence-electron chi connectivity index (χ2n) is 3.12. The fraction of sp³-hybridized carbons (Fsp3) is 0.417. The van der Waals surface area contributed by atoms with Gasteiger partial charge in [0.1, 0.15) is 0 Å². The predicted octanol–water partition coefficient (Wildman–Crippen LogP) is 2.65. The molecule has 0 atom stereocenters. The maximum absolute atomic E-state index is 11.5. The summed E-state index contributed by atoms with van der Waals surface area (Å²) in [5.74, 6) is 0.773. The van der Waals surface area contributed by atoms with Crippen LogP contribution in [0.2, 0.25) is 0 Å². The van der Waals surface area contributed by atoms with Gasteiger partial charge in [-0.25, -0.2) is 4.79 Å². The van der Waals surface area contributed by atoms with E-state index in [1.54, 1.807) is 25.1 Å². The highest BCUT2D eigenvalue weighted by Crippen LogP contribution is 2.28. The van der Waals surface area contributed by atoms with Gasteiger partial charge in [0.15, 0.2) is 11.5 Å². The first-order valence-corrected chi connectivity index (χ1v) is 6.39. The maximum Gasteiger partial charge on any atom is 0.338 e. The summed E-state index contributed by atoms with van der Waals surface area (Å²) in [6, 6.07) is 4.97. The van der Waals surface area contributed by atoms with E-state index in [9.17, 15) is 4.79 Å². The predicted molar refractivity (Wildman–Crippen MR) is 68.2 cm³/mol. The van der Waals surface area contributed by atoms with Crippen LogP contribution in [0.3, 0.4) is 0 Å². The van der Waals surface area contributed by atoms with Gasteiger partial charge in [-0.15, -0.1) is 0 Å². The van der Waals surface area contributed by atoms with Crippen molar-refractivity contribution >= 4 is 21.9 Å². The number of hydrogen-bond acceptors (Lipinski definition) is 4. The van der Waals surface area contributed by atoms with Crippen molar-refractivity contribution in [2.24, 2.45) is 0 Å². The number of halogens is 1. The summed E-state index contributed by atoms with van der Waals surface area (Å²) >= 11 is 3.27. The fourth-order valence-corrected chi connectivity index (χ4v) is 1.44. The lowest BCUT2D eigenvalue weighted by atomic mass is 10.2. The highest BCUT2D eigenvalue weighted by atomic mass is 79.9. The van der Waals surface area contributed by atoms with E-state index in [1.165, 1.54) is 7.11 Å². The summed E-state index contributed by atoms with van der Waals surface area (Å²) in [5, 5.41) is 0.732. The Kier molecular flexibility index (Phi) is 5.83. The third-order valence-electron chi connectivity index (χ3n) is 2.01. The number of methoxy groups -OCH3 is 1. The van der Waals surface area contributed by atoms with Crippen LogP contribution in [0, 0.1) is 0 Å². The topological polar surface area (TPSA) is 44.8 Å². The van der Waals surface area contributed by atoms with E-state index in [2.05, 4.69) is 15.9 Å². The number of benzene rings is 1. The average Bonchev–Trinajstić information content (AvgIpc) is 2.36. The molecular formula is C12H15BrO4. The Bertz CT molecular complexity index is 379. The molecule has 5 heteroatoms. The quantitative estimate of drug-likeness (QED) is 0.598. The fourth-order valence-electron chi connectivity index (χ4n) is 1.28. The van der Waals surface area contributed by atoms with Crippen LogP contribution in [0.1, 0.15) is 17.3 Å². The van der Waals surface area contributed by atoms with E-state index in [1.807, 2.05) is 0 Å². The number of carbonyl (C=O) groups excluding carboxylic acids is 1. The Morgan fingerprint density at radius 1 is 1.35 bits per heavy atom. The molecule has 0 aromatic heterocycles. The van der Waals surface area contributed by atoms with Gasteiger partial charge in [0.25, 0.3) is 0 Å². The molecule has 1 aromatic rings. The zero-order valence-corrected chi connectivity index (χ0v) is 11.5. The number of esters is 1. The van der Waals surface area contributed by atoms with Crippen molar-refractivity contribution in [3.63, 3.8) is 0 Å². The molecular weight excluding hydrogens is 288 g/mol. The summed E-state index contributed by atoms with van der Waals surface area (Å²) < 4.78 is 15.5. The zero-order chi connectivity index (χ0) is 12.7. The van der Waals surface area contributed by atoms with Crippen molar-refractivity contribution in [2.75, 3.05) is 25.7 Å². The Morgan fingerprint density at radius 3 is 2.71 bits per heavy atom. The summed E-state index contributed by atoms with van der Waals surface area (Å²) in [6.07, 6.45) is 0. The number of rotatable bonds is 6. The summed E-state index contributed by atoms with van der Waals surface area (Å²) in [4.78, 5) is 11.5. The van der Waals surface area contributed by atoms with E-state index in [0.29, 0.717) is 30.3 Å². The van der Waals surface area contributed by atoms with Gasteiger partial charge in [0.05, 0.1) is 25.9 Å². The van der Waals surface area contributed by atoms with Crippen LogP contribution in [0.5, 0.6) is 11.5 Å². The molecule has 17 heavy (non-hydrogen) atoms. The average molecular weight is 303 g/mol. The van der Waals surface area contributed by atoms with E-state index in [4.69, 9.17) is 14.2 Å². The second kappa shape index (κ2) is 7.17. The summed E-state index contributed by atoms with van der Waals surface area (Å²) in [6.45, 7) is 2.65. The van der Waals surface area contributed by atoms with Crippen molar-refractivity contribution in [1.82, 2.24) is 0 Å². The van der Waals surface area contributed by atoms with Crippen molar-refractivity contribution in [1.29, 1.82) is 0 Å². The lowest BCUT2D eigenvalue weighted by molar-refractivity contribution is 0.0526. The Hall–Kier alpha value is -1.23. The molecule has 0 aliphatic rings. The van der Waals surface area contributed by atoms with Gasteiger partial charge in [-0.05, 0) is 25.1 Å². The minimum atomic E-state index is -0.363. The van der Waals surface area contributed by atoms with E-state index < -0.39 is 0 Å². The van der Waals surface area contributed by atoms with E-state index in [0.717, 1.165) is 5.33 Å². The lowest BCUT2D eigenvalue weighted by Gasteiger charge is -2.10. The molecule has 0 aliphatic heterocycles. The molecule has 0 aliphatic carbocycles. The Balaban J connectivity index is 2.87. The van der Waals surface area contributed by atoms with Gasteiger partial charge in [0, 0.05) is 5.33 Å². The smallest absolute Gasteiger partial charge is 0.338 e.